The van der Waals surface area contributed by atoms with Crippen LogP contribution in [0, 0.1) is 0 Å². The SMILES string of the molecule is COc1ccc(Cc2nnc(NCc3ccccc3OC)[nH]c2=O)cc1. The maximum atomic E-state index is 12.3. The number of ether oxygens (including phenoxy) is 2. The van der Waals surface area contributed by atoms with E-state index in [-0.39, 0.29) is 5.56 Å². The summed E-state index contributed by atoms with van der Waals surface area (Å²) in [5.74, 6) is 1.86. The standard InChI is InChI=1S/C19H20N4O3/c1-25-15-9-7-13(8-10-15)11-16-18(24)21-19(23-22-16)20-12-14-5-3-4-6-17(14)26-2/h3-10H,11-12H2,1-2H3,(H2,20,21,23,24). The molecular weight excluding hydrogens is 332 g/mol. The first-order valence-electron chi connectivity index (χ1n) is 8.14. The maximum absolute atomic E-state index is 12.3. The Morgan fingerprint density at radius 2 is 1.77 bits per heavy atom. The highest BCUT2D eigenvalue weighted by atomic mass is 16.5. The van der Waals surface area contributed by atoms with Gasteiger partial charge in [-0.25, -0.2) is 0 Å². The Hall–Kier alpha value is -3.35. The van der Waals surface area contributed by atoms with Crippen molar-refractivity contribution in [1.29, 1.82) is 0 Å². The van der Waals surface area contributed by atoms with Gasteiger partial charge >= 0.3 is 0 Å². The van der Waals surface area contributed by atoms with Gasteiger partial charge in [-0.2, -0.15) is 0 Å². The predicted molar refractivity (Wildman–Crippen MR) is 98.8 cm³/mol. The third-order valence-corrected chi connectivity index (χ3v) is 3.93. The number of nitrogens with one attached hydrogen (secondary N) is 2. The molecule has 7 heteroatoms. The van der Waals surface area contributed by atoms with Crippen molar-refractivity contribution in [2.45, 2.75) is 13.0 Å². The lowest BCUT2D eigenvalue weighted by Gasteiger charge is -2.09. The van der Waals surface area contributed by atoms with Crippen molar-refractivity contribution in [1.82, 2.24) is 15.2 Å². The predicted octanol–water partition coefficient (Wildman–Crippen LogP) is 2.38. The van der Waals surface area contributed by atoms with E-state index in [2.05, 4.69) is 20.5 Å². The smallest absolute Gasteiger partial charge is 0.274 e. The summed E-state index contributed by atoms with van der Waals surface area (Å²) in [5.41, 5.74) is 2.01. The van der Waals surface area contributed by atoms with Gasteiger partial charge < -0.3 is 14.8 Å². The number of hydrogen-bond acceptors (Lipinski definition) is 6. The van der Waals surface area contributed by atoms with Crippen molar-refractivity contribution in [2.24, 2.45) is 0 Å². The van der Waals surface area contributed by atoms with Crippen LogP contribution >= 0.6 is 0 Å². The molecule has 1 heterocycles. The molecule has 3 rings (SSSR count). The van der Waals surface area contributed by atoms with Crippen LogP contribution in [0.25, 0.3) is 0 Å². The molecule has 0 unspecified atom stereocenters. The number of para-hydroxylation sites is 1. The van der Waals surface area contributed by atoms with E-state index in [1.807, 2.05) is 48.5 Å². The summed E-state index contributed by atoms with van der Waals surface area (Å²) >= 11 is 0. The van der Waals surface area contributed by atoms with Crippen molar-refractivity contribution >= 4 is 5.95 Å². The molecule has 0 aliphatic rings. The van der Waals surface area contributed by atoms with E-state index in [4.69, 9.17) is 9.47 Å². The molecule has 2 N–H and O–H groups in total. The second-order valence-corrected chi connectivity index (χ2v) is 5.64. The molecule has 0 spiro atoms. The van der Waals surface area contributed by atoms with Crippen molar-refractivity contribution < 1.29 is 9.47 Å². The molecular formula is C19H20N4O3. The molecule has 0 radical (unpaired) electrons. The van der Waals surface area contributed by atoms with Crippen LogP contribution in [-0.2, 0) is 13.0 Å². The van der Waals surface area contributed by atoms with Crippen LogP contribution in [0.1, 0.15) is 16.8 Å². The van der Waals surface area contributed by atoms with Crippen LogP contribution in [0.2, 0.25) is 0 Å². The van der Waals surface area contributed by atoms with Gasteiger partial charge in [-0.05, 0) is 23.8 Å². The molecule has 0 bridgehead atoms. The van der Waals surface area contributed by atoms with Crippen molar-refractivity contribution in [2.75, 3.05) is 19.5 Å². The number of rotatable bonds is 7. The Bertz CT molecular complexity index is 923. The molecule has 26 heavy (non-hydrogen) atoms. The van der Waals surface area contributed by atoms with Gasteiger partial charge in [0.2, 0.25) is 5.95 Å². The van der Waals surface area contributed by atoms with Crippen molar-refractivity contribution in [3.05, 3.63) is 75.7 Å². The molecule has 134 valence electrons. The third-order valence-electron chi connectivity index (χ3n) is 3.93. The number of H-pyrrole nitrogens is 1. The summed E-state index contributed by atoms with van der Waals surface area (Å²) in [6, 6.07) is 15.1. The van der Waals surface area contributed by atoms with Crippen LogP contribution in [-0.4, -0.2) is 29.4 Å². The highest BCUT2D eigenvalue weighted by Gasteiger charge is 2.07. The zero-order valence-electron chi connectivity index (χ0n) is 14.7. The Morgan fingerprint density at radius 3 is 2.46 bits per heavy atom. The van der Waals surface area contributed by atoms with E-state index >= 15 is 0 Å². The second-order valence-electron chi connectivity index (χ2n) is 5.64. The van der Waals surface area contributed by atoms with Gasteiger partial charge in [-0.15, -0.1) is 10.2 Å². The summed E-state index contributed by atoms with van der Waals surface area (Å²) in [4.78, 5) is 15.0. The van der Waals surface area contributed by atoms with Crippen molar-refractivity contribution in [3.8, 4) is 11.5 Å². The quantitative estimate of drug-likeness (QED) is 0.679. The molecule has 0 atom stereocenters. The van der Waals surface area contributed by atoms with Crippen LogP contribution < -0.4 is 20.3 Å². The van der Waals surface area contributed by atoms with Crippen LogP contribution in [0.15, 0.2) is 53.3 Å². The molecule has 0 saturated carbocycles. The van der Waals surface area contributed by atoms with Gasteiger partial charge in [0.15, 0.2) is 0 Å². The number of methoxy groups -OCH3 is 2. The van der Waals surface area contributed by atoms with Crippen LogP contribution in [0.4, 0.5) is 5.95 Å². The van der Waals surface area contributed by atoms with Gasteiger partial charge in [0.05, 0.1) is 14.2 Å². The molecule has 0 aliphatic heterocycles. The van der Waals surface area contributed by atoms with Crippen molar-refractivity contribution in [3.63, 3.8) is 0 Å². The third kappa shape index (κ3) is 4.18. The second kappa shape index (κ2) is 8.15. The minimum atomic E-state index is -0.265. The Labute approximate surface area is 151 Å². The molecule has 3 aromatic rings. The van der Waals surface area contributed by atoms with Gasteiger partial charge in [-0.3, -0.25) is 9.78 Å². The molecule has 0 amide bonds. The van der Waals surface area contributed by atoms with Gasteiger partial charge in [0.1, 0.15) is 17.2 Å². The Kier molecular flexibility index (Phi) is 5.48. The zero-order chi connectivity index (χ0) is 18.4. The number of anilines is 1. The fourth-order valence-corrected chi connectivity index (χ4v) is 2.52. The highest BCUT2D eigenvalue weighted by molar-refractivity contribution is 5.36. The Morgan fingerprint density at radius 1 is 1.00 bits per heavy atom. The number of nitrogens with zero attached hydrogens (tertiary/aromatic N) is 2. The fourth-order valence-electron chi connectivity index (χ4n) is 2.52. The molecule has 1 aromatic heterocycles. The summed E-state index contributed by atoms with van der Waals surface area (Å²) in [6.45, 7) is 0.465. The minimum absolute atomic E-state index is 0.265. The van der Waals surface area contributed by atoms with E-state index in [0.717, 1.165) is 22.6 Å². The molecule has 2 aromatic carbocycles. The topological polar surface area (TPSA) is 89.1 Å². The van der Waals surface area contributed by atoms with E-state index < -0.39 is 0 Å². The Balaban J connectivity index is 1.68. The average molecular weight is 352 g/mol. The normalized spacial score (nSPS) is 10.4. The van der Waals surface area contributed by atoms with Gasteiger partial charge in [0.25, 0.3) is 5.56 Å². The number of aromatic nitrogens is 3. The van der Waals surface area contributed by atoms with E-state index in [1.165, 1.54) is 0 Å². The monoisotopic (exact) mass is 352 g/mol. The number of aromatic amines is 1. The summed E-state index contributed by atoms with van der Waals surface area (Å²) in [6.07, 6.45) is 0.402. The van der Waals surface area contributed by atoms with Crippen LogP contribution in [0.3, 0.4) is 0 Å². The largest absolute Gasteiger partial charge is 0.497 e. The molecule has 7 nitrogen and oxygen atoms in total. The summed E-state index contributed by atoms with van der Waals surface area (Å²) in [5, 5.41) is 11.2. The lowest BCUT2D eigenvalue weighted by molar-refractivity contribution is 0.410. The molecule has 0 aliphatic carbocycles. The average Bonchev–Trinajstić information content (AvgIpc) is 2.69. The number of benzene rings is 2. The summed E-state index contributed by atoms with van der Waals surface area (Å²) in [7, 11) is 3.23. The first-order valence-corrected chi connectivity index (χ1v) is 8.14. The zero-order valence-corrected chi connectivity index (χ0v) is 14.7. The fraction of sp³-hybridized carbons (Fsp3) is 0.211. The van der Waals surface area contributed by atoms with E-state index in [0.29, 0.717) is 24.6 Å². The maximum Gasteiger partial charge on any atom is 0.274 e. The lowest BCUT2D eigenvalue weighted by atomic mass is 10.1. The minimum Gasteiger partial charge on any atom is -0.497 e. The number of hydrogen-bond donors (Lipinski definition) is 2. The molecule has 0 saturated heterocycles. The lowest BCUT2D eigenvalue weighted by Crippen LogP contribution is -2.19. The molecule has 0 fully saturated rings. The highest BCUT2D eigenvalue weighted by Crippen LogP contribution is 2.18. The van der Waals surface area contributed by atoms with Gasteiger partial charge in [-0.1, -0.05) is 30.3 Å². The van der Waals surface area contributed by atoms with Gasteiger partial charge in [0, 0.05) is 18.5 Å². The first kappa shape index (κ1) is 17.5. The van der Waals surface area contributed by atoms with Crippen LogP contribution in [0.5, 0.6) is 11.5 Å². The van der Waals surface area contributed by atoms with E-state index in [1.54, 1.807) is 14.2 Å². The first-order chi connectivity index (χ1) is 12.7. The summed E-state index contributed by atoms with van der Waals surface area (Å²) < 4.78 is 10.4. The van der Waals surface area contributed by atoms with E-state index in [9.17, 15) is 4.79 Å².